The van der Waals surface area contributed by atoms with Crippen molar-refractivity contribution in [3.05, 3.63) is 93.8 Å². The summed E-state index contributed by atoms with van der Waals surface area (Å²) in [6, 6.07) is 16.9. The van der Waals surface area contributed by atoms with Crippen molar-refractivity contribution in [1.82, 2.24) is 9.88 Å². The van der Waals surface area contributed by atoms with E-state index in [0.29, 0.717) is 18.8 Å². The summed E-state index contributed by atoms with van der Waals surface area (Å²) < 4.78 is 5.59. The summed E-state index contributed by atoms with van der Waals surface area (Å²) in [5.41, 5.74) is 5.62. The molecule has 1 aromatic heterocycles. The zero-order chi connectivity index (χ0) is 21.9. The van der Waals surface area contributed by atoms with Gasteiger partial charge in [-0.1, -0.05) is 29.8 Å². The highest BCUT2D eigenvalue weighted by molar-refractivity contribution is 6.30. The van der Waals surface area contributed by atoms with Crippen molar-refractivity contribution < 1.29 is 9.84 Å². The maximum atomic E-state index is 11.3. The van der Waals surface area contributed by atoms with Crippen LogP contribution in [0.1, 0.15) is 53.0 Å². The van der Waals surface area contributed by atoms with E-state index < -0.39 is 5.60 Å². The Labute approximate surface area is 193 Å². The highest BCUT2D eigenvalue weighted by atomic mass is 35.5. The minimum Gasteiger partial charge on any atom is -0.497 e. The molecule has 0 saturated carbocycles. The molecule has 1 aliphatic heterocycles. The summed E-state index contributed by atoms with van der Waals surface area (Å²) in [6.07, 6.45) is 6.06. The van der Waals surface area contributed by atoms with Gasteiger partial charge in [0.15, 0.2) is 0 Å². The van der Waals surface area contributed by atoms with Crippen molar-refractivity contribution in [2.24, 2.45) is 0 Å². The third-order valence-electron chi connectivity index (χ3n) is 7.99. The maximum Gasteiger partial charge on any atom is 0.119 e. The number of piperidine rings is 1. The van der Waals surface area contributed by atoms with Crippen LogP contribution in [-0.2, 0) is 11.0 Å². The molecule has 2 aromatic carbocycles. The van der Waals surface area contributed by atoms with Crippen molar-refractivity contribution in [2.45, 2.75) is 36.2 Å². The van der Waals surface area contributed by atoms with Crippen molar-refractivity contribution in [3.63, 3.8) is 0 Å². The summed E-state index contributed by atoms with van der Waals surface area (Å²) in [5.74, 6) is 1.32. The van der Waals surface area contributed by atoms with Crippen LogP contribution in [0.25, 0.3) is 0 Å². The molecule has 5 heteroatoms. The first-order chi connectivity index (χ1) is 15.5. The lowest BCUT2D eigenvalue weighted by Crippen LogP contribution is -2.47. The molecule has 2 bridgehead atoms. The normalized spacial score (nSPS) is 25.4. The maximum absolute atomic E-state index is 11.3. The number of pyridine rings is 1. The fourth-order valence-electron chi connectivity index (χ4n) is 6.35. The molecule has 3 aromatic rings. The first-order valence-corrected chi connectivity index (χ1v) is 11.7. The van der Waals surface area contributed by atoms with Crippen LogP contribution in [0, 0.1) is 0 Å². The fraction of sp³-hybridized carbons (Fsp3) is 0.370. The van der Waals surface area contributed by atoms with Crippen molar-refractivity contribution in [2.75, 3.05) is 26.7 Å². The van der Waals surface area contributed by atoms with Crippen LogP contribution in [0.2, 0.25) is 5.02 Å². The number of methoxy groups -OCH3 is 1. The standard InChI is InChI=1S/C27H27ClN2O2/c1-32-20-5-7-22-23-15-26(25(22)14-20,24-13-19(28)4-6-21(23)24)17-30-11-8-27(31,9-12-30)18-3-2-10-29-16-18/h2-7,10,13-14,16,23,31H,8-9,11-12,15,17H2,1H3. The van der Waals surface area contributed by atoms with Crippen LogP contribution >= 0.6 is 11.6 Å². The van der Waals surface area contributed by atoms with Crippen LogP contribution in [0.5, 0.6) is 5.75 Å². The lowest BCUT2D eigenvalue weighted by Gasteiger charge is -2.42. The SMILES string of the molecule is COc1ccc2c(c1)C1(CN3CCC(O)(c4cccnc4)CC3)CC2c2ccc(Cl)cc21. The third-order valence-corrected chi connectivity index (χ3v) is 8.22. The number of likely N-dealkylation sites (tertiary alicyclic amines) is 1. The predicted molar refractivity (Wildman–Crippen MR) is 125 cm³/mol. The minimum absolute atomic E-state index is 0.0848. The first-order valence-electron chi connectivity index (χ1n) is 11.4. The van der Waals surface area contributed by atoms with Crippen LogP contribution in [-0.4, -0.2) is 41.7 Å². The zero-order valence-electron chi connectivity index (χ0n) is 18.2. The van der Waals surface area contributed by atoms with Gasteiger partial charge in [-0.05, 0) is 71.8 Å². The van der Waals surface area contributed by atoms with E-state index in [9.17, 15) is 5.11 Å². The highest BCUT2D eigenvalue weighted by Crippen LogP contribution is 2.61. The number of hydrogen-bond acceptors (Lipinski definition) is 4. The monoisotopic (exact) mass is 446 g/mol. The first kappa shape index (κ1) is 20.2. The van der Waals surface area contributed by atoms with Gasteiger partial charge in [0.25, 0.3) is 0 Å². The topological polar surface area (TPSA) is 45.6 Å². The van der Waals surface area contributed by atoms with Gasteiger partial charge in [-0.3, -0.25) is 4.98 Å². The molecule has 2 aliphatic carbocycles. The molecule has 2 atom stereocenters. The van der Waals surface area contributed by atoms with Crippen LogP contribution in [0.15, 0.2) is 60.9 Å². The molecule has 1 N–H and O–H groups in total. The van der Waals surface area contributed by atoms with Gasteiger partial charge < -0.3 is 14.7 Å². The molecule has 6 rings (SSSR count). The second-order valence-electron chi connectivity index (χ2n) is 9.57. The van der Waals surface area contributed by atoms with E-state index in [1.54, 1.807) is 19.5 Å². The summed E-state index contributed by atoms with van der Waals surface area (Å²) >= 11 is 6.48. The Kier molecular flexibility index (Phi) is 4.62. The Morgan fingerprint density at radius 1 is 1.09 bits per heavy atom. The lowest BCUT2D eigenvalue weighted by molar-refractivity contribution is -0.0291. The summed E-state index contributed by atoms with van der Waals surface area (Å²) in [6.45, 7) is 2.64. The van der Waals surface area contributed by atoms with E-state index in [-0.39, 0.29) is 5.41 Å². The number of rotatable bonds is 4. The largest absolute Gasteiger partial charge is 0.497 e. The number of aromatic nitrogens is 1. The van der Waals surface area contributed by atoms with Gasteiger partial charge in [0.2, 0.25) is 0 Å². The molecule has 3 aliphatic rings. The smallest absolute Gasteiger partial charge is 0.119 e. The molecule has 1 saturated heterocycles. The molecule has 164 valence electrons. The minimum atomic E-state index is -0.793. The van der Waals surface area contributed by atoms with Gasteiger partial charge >= 0.3 is 0 Å². The van der Waals surface area contributed by atoms with E-state index in [4.69, 9.17) is 16.3 Å². The van der Waals surface area contributed by atoms with Gasteiger partial charge in [0.1, 0.15) is 5.75 Å². The van der Waals surface area contributed by atoms with Gasteiger partial charge in [-0.25, -0.2) is 0 Å². The molecule has 0 spiro atoms. The fourth-order valence-corrected chi connectivity index (χ4v) is 6.52. The quantitative estimate of drug-likeness (QED) is 0.621. The number of aliphatic hydroxyl groups is 1. The Morgan fingerprint density at radius 3 is 2.56 bits per heavy atom. The van der Waals surface area contributed by atoms with E-state index in [0.717, 1.165) is 42.4 Å². The van der Waals surface area contributed by atoms with E-state index in [1.807, 2.05) is 18.2 Å². The molecule has 0 amide bonds. The van der Waals surface area contributed by atoms with Crippen LogP contribution in [0.4, 0.5) is 0 Å². The number of hydrogen-bond donors (Lipinski definition) is 1. The van der Waals surface area contributed by atoms with Crippen molar-refractivity contribution in [3.8, 4) is 5.75 Å². The van der Waals surface area contributed by atoms with Gasteiger partial charge in [0.05, 0.1) is 12.7 Å². The molecule has 2 heterocycles. The molecule has 1 fully saturated rings. The molecule has 0 radical (unpaired) electrons. The lowest BCUT2D eigenvalue weighted by atomic mass is 9.74. The predicted octanol–water partition coefficient (Wildman–Crippen LogP) is 4.86. The van der Waals surface area contributed by atoms with E-state index in [2.05, 4.69) is 40.2 Å². The Balaban J connectivity index is 1.34. The van der Waals surface area contributed by atoms with E-state index >= 15 is 0 Å². The summed E-state index contributed by atoms with van der Waals surface area (Å²) in [7, 11) is 1.73. The molecule has 4 nitrogen and oxygen atoms in total. The molecule has 2 unspecified atom stereocenters. The number of benzene rings is 2. The number of halogens is 1. The van der Waals surface area contributed by atoms with Crippen LogP contribution < -0.4 is 4.74 Å². The zero-order valence-corrected chi connectivity index (χ0v) is 19.0. The average Bonchev–Trinajstić information content (AvgIpc) is 3.32. The summed E-state index contributed by atoms with van der Waals surface area (Å²) in [4.78, 5) is 6.73. The van der Waals surface area contributed by atoms with Crippen molar-refractivity contribution in [1.29, 1.82) is 0 Å². The average molecular weight is 447 g/mol. The highest BCUT2D eigenvalue weighted by Gasteiger charge is 2.54. The van der Waals surface area contributed by atoms with Gasteiger partial charge in [0, 0.05) is 53.9 Å². The number of nitrogens with zero attached hydrogens (tertiary/aromatic N) is 2. The Morgan fingerprint density at radius 2 is 1.84 bits per heavy atom. The second-order valence-corrected chi connectivity index (χ2v) is 10.0. The Hall–Kier alpha value is -2.40. The second kappa shape index (κ2) is 7.31. The van der Waals surface area contributed by atoms with Crippen molar-refractivity contribution >= 4 is 11.6 Å². The van der Waals surface area contributed by atoms with Gasteiger partial charge in [-0.15, -0.1) is 0 Å². The summed E-state index contributed by atoms with van der Waals surface area (Å²) in [5, 5.41) is 12.1. The van der Waals surface area contributed by atoms with E-state index in [1.165, 1.54) is 22.3 Å². The Bertz CT molecular complexity index is 1170. The molecular formula is C27H27ClN2O2. The number of fused-ring (bicyclic) bond motifs is 8. The van der Waals surface area contributed by atoms with Gasteiger partial charge in [-0.2, -0.15) is 0 Å². The van der Waals surface area contributed by atoms with Crippen LogP contribution in [0.3, 0.4) is 0 Å². The molecule has 32 heavy (non-hydrogen) atoms. The number of ether oxygens (including phenoxy) is 1. The third kappa shape index (κ3) is 2.93. The molecular weight excluding hydrogens is 420 g/mol.